The molecule has 0 radical (unpaired) electrons. The van der Waals surface area contributed by atoms with Gasteiger partial charge >= 0.3 is 5.97 Å². The Kier molecular flexibility index (Phi) is 3.29. The van der Waals surface area contributed by atoms with Gasteiger partial charge in [-0.2, -0.15) is 0 Å². The molecule has 0 atom stereocenters. The number of nitrogen functional groups attached to an aromatic ring is 1. The first-order valence-electron chi connectivity index (χ1n) is 6.67. The number of halogens is 1. The second-order valence-corrected chi connectivity index (χ2v) is 5.13. The number of benzene rings is 1. The zero-order chi connectivity index (χ0) is 15.0. The van der Waals surface area contributed by atoms with E-state index in [4.69, 9.17) is 15.3 Å². The molecule has 2 aromatic rings. The number of furan rings is 1. The van der Waals surface area contributed by atoms with Gasteiger partial charge in [-0.05, 0) is 37.1 Å². The smallest absolute Gasteiger partial charge is 0.337 e. The van der Waals surface area contributed by atoms with Crippen molar-refractivity contribution in [1.82, 2.24) is 0 Å². The summed E-state index contributed by atoms with van der Waals surface area (Å²) in [6.07, 6.45) is 3.46. The third kappa shape index (κ3) is 2.69. The maximum Gasteiger partial charge on any atom is 0.337 e. The fraction of sp³-hybridized carbons (Fsp3) is 0.267. The summed E-state index contributed by atoms with van der Waals surface area (Å²) < 4.78 is 19.5. The van der Waals surface area contributed by atoms with Gasteiger partial charge in [0.2, 0.25) is 0 Å². The number of rotatable bonds is 5. The van der Waals surface area contributed by atoms with E-state index >= 15 is 0 Å². The van der Waals surface area contributed by atoms with Crippen LogP contribution in [0.15, 0.2) is 34.9 Å². The number of anilines is 2. The van der Waals surface area contributed by atoms with Crippen LogP contribution in [0.5, 0.6) is 0 Å². The van der Waals surface area contributed by atoms with E-state index in [1.54, 1.807) is 12.3 Å². The minimum absolute atomic E-state index is 0.0718. The number of carboxylic acid groups (broad SMARTS) is 1. The Bertz CT molecular complexity index is 666. The van der Waals surface area contributed by atoms with Crippen molar-refractivity contribution in [3.63, 3.8) is 0 Å². The lowest BCUT2D eigenvalue weighted by molar-refractivity contribution is 0.0698. The first-order valence-corrected chi connectivity index (χ1v) is 6.67. The molecule has 0 aliphatic heterocycles. The van der Waals surface area contributed by atoms with E-state index < -0.39 is 11.8 Å². The Morgan fingerprint density at radius 3 is 2.81 bits per heavy atom. The van der Waals surface area contributed by atoms with Crippen LogP contribution in [0.1, 0.15) is 29.0 Å². The molecule has 3 rings (SSSR count). The molecule has 1 fully saturated rings. The van der Waals surface area contributed by atoms with Gasteiger partial charge in [-0.3, -0.25) is 0 Å². The third-order valence-corrected chi connectivity index (χ3v) is 3.55. The zero-order valence-electron chi connectivity index (χ0n) is 11.3. The van der Waals surface area contributed by atoms with Crippen LogP contribution < -0.4 is 10.6 Å². The molecule has 1 saturated carbocycles. The van der Waals surface area contributed by atoms with Crippen molar-refractivity contribution in [2.24, 2.45) is 0 Å². The van der Waals surface area contributed by atoms with Crippen LogP contribution in [0.2, 0.25) is 0 Å². The summed E-state index contributed by atoms with van der Waals surface area (Å²) in [5.74, 6) is -0.978. The highest BCUT2D eigenvalue weighted by Gasteiger charge is 2.32. The minimum Gasteiger partial charge on any atom is -0.478 e. The lowest BCUT2D eigenvalue weighted by Crippen LogP contribution is -2.26. The number of nitrogens with zero attached hydrogens (tertiary/aromatic N) is 1. The van der Waals surface area contributed by atoms with E-state index in [1.807, 2.05) is 11.0 Å². The van der Waals surface area contributed by atoms with E-state index in [0.29, 0.717) is 12.3 Å². The molecule has 1 aromatic carbocycles. The van der Waals surface area contributed by atoms with Crippen molar-refractivity contribution in [2.45, 2.75) is 25.4 Å². The van der Waals surface area contributed by atoms with E-state index in [-0.39, 0.29) is 23.0 Å². The number of hydrogen-bond donors (Lipinski definition) is 2. The summed E-state index contributed by atoms with van der Waals surface area (Å²) in [7, 11) is 0. The first kappa shape index (κ1) is 13.5. The van der Waals surface area contributed by atoms with Gasteiger partial charge in [0.25, 0.3) is 0 Å². The number of aromatic carboxylic acids is 1. The number of carbonyl (C=O) groups is 1. The standard InChI is InChI=1S/C15H15FN2O3/c16-12-7-13(17)11(15(19)20)6-14(12)18(9-3-4-9)8-10-2-1-5-21-10/h1-2,5-7,9H,3-4,8,17H2,(H,19,20). The molecule has 1 heterocycles. The monoisotopic (exact) mass is 290 g/mol. The van der Waals surface area contributed by atoms with Gasteiger partial charge in [0.05, 0.1) is 24.1 Å². The van der Waals surface area contributed by atoms with Crippen LogP contribution in [-0.2, 0) is 6.54 Å². The van der Waals surface area contributed by atoms with Gasteiger partial charge in [0.15, 0.2) is 0 Å². The van der Waals surface area contributed by atoms with E-state index in [2.05, 4.69) is 0 Å². The molecule has 3 N–H and O–H groups in total. The third-order valence-electron chi connectivity index (χ3n) is 3.55. The predicted molar refractivity (Wildman–Crippen MR) is 75.7 cm³/mol. The van der Waals surface area contributed by atoms with Gasteiger partial charge in [0.1, 0.15) is 11.6 Å². The van der Waals surface area contributed by atoms with Gasteiger partial charge in [-0.1, -0.05) is 0 Å². The zero-order valence-corrected chi connectivity index (χ0v) is 11.3. The van der Waals surface area contributed by atoms with Crippen LogP contribution in [0.3, 0.4) is 0 Å². The highest BCUT2D eigenvalue weighted by Crippen LogP contribution is 2.36. The highest BCUT2D eigenvalue weighted by atomic mass is 19.1. The van der Waals surface area contributed by atoms with Crippen LogP contribution in [0.25, 0.3) is 0 Å². The summed E-state index contributed by atoms with van der Waals surface area (Å²) in [5, 5.41) is 9.13. The minimum atomic E-state index is -1.16. The SMILES string of the molecule is Nc1cc(F)c(N(Cc2ccco2)C2CC2)cc1C(=O)O. The summed E-state index contributed by atoms with van der Waals surface area (Å²) >= 11 is 0. The summed E-state index contributed by atoms with van der Waals surface area (Å²) in [6.45, 7) is 0.400. The summed E-state index contributed by atoms with van der Waals surface area (Å²) in [6, 6.07) is 6.14. The molecule has 110 valence electrons. The normalized spacial score (nSPS) is 14.1. The largest absolute Gasteiger partial charge is 0.478 e. The molecule has 0 saturated heterocycles. The molecule has 21 heavy (non-hydrogen) atoms. The van der Waals surface area contributed by atoms with Gasteiger partial charge in [-0.15, -0.1) is 0 Å². The fourth-order valence-electron chi connectivity index (χ4n) is 2.35. The lowest BCUT2D eigenvalue weighted by Gasteiger charge is -2.24. The van der Waals surface area contributed by atoms with Crippen molar-refractivity contribution in [2.75, 3.05) is 10.6 Å². The molecule has 1 aliphatic carbocycles. The molecule has 1 aromatic heterocycles. The van der Waals surface area contributed by atoms with Crippen molar-refractivity contribution in [3.05, 3.63) is 47.7 Å². The predicted octanol–water partition coefficient (Wildman–Crippen LogP) is 2.87. The summed E-state index contributed by atoms with van der Waals surface area (Å²) in [4.78, 5) is 13.0. The van der Waals surface area contributed by atoms with E-state index in [0.717, 1.165) is 18.9 Å². The Morgan fingerprint density at radius 1 is 1.48 bits per heavy atom. The average molecular weight is 290 g/mol. The molecule has 5 nitrogen and oxygen atoms in total. The second-order valence-electron chi connectivity index (χ2n) is 5.13. The van der Waals surface area contributed by atoms with Gasteiger partial charge < -0.3 is 20.2 Å². The molecule has 1 aliphatic rings. The fourth-order valence-corrected chi connectivity index (χ4v) is 2.35. The Balaban J connectivity index is 1.99. The highest BCUT2D eigenvalue weighted by molar-refractivity contribution is 5.95. The van der Waals surface area contributed by atoms with Crippen LogP contribution in [0, 0.1) is 5.82 Å². The molecular weight excluding hydrogens is 275 g/mol. The van der Waals surface area contributed by atoms with Gasteiger partial charge in [-0.25, -0.2) is 9.18 Å². The lowest BCUT2D eigenvalue weighted by atomic mass is 10.1. The van der Waals surface area contributed by atoms with Crippen LogP contribution in [-0.4, -0.2) is 17.1 Å². The average Bonchev–Trinajstić information content (AvgIpc) is 3.14. The quantitative estimate of drug-likeness (QED) is 0.828. The van der Waals surface area contributed by atoms with E-state index in [9.17, 15) is 9.18 Å². The molecule has 6 heteroatoms. The molecular formula is C15H15FN2O3. The van der Waals surface area contributed by atoms with Crippen LogP contribution >= 0.6 is 0 Å². The van der Waals surface area contributed by atoms with E-state index in [1.165, 1.54) is 6.07 Å². The van der Waals surface area contributed by atoms with Crippen molar-refractivity contribution in [3.8, 4) is 0 Å². The molecule has 0 bridgehead atoms. The van der Waals surface area contributed by atoms with Crippen LogP contribution in [0.4, 0.5) is 15.8 Å². The second kappa shape index (κ2) is 5.12. The number of nitrogens with two attached hydrogens (primary N) is 1. The number of hydrogen-bond acceptors (Lipinski definition) is 4. The Hall–Kier alpha value is -2.50. The maximum atomic E-state index is 14.2. The Morgan fingerprint density at radius 2 is 2.24 bits per heavy atom. The Labute approximate surface area is 120 Å². The first-order chi connectivity index (χ1) is 10.1. The summed E-state index contributed by atoms with van der Waals surface area (Å²) in [5.41, 5.74) is 5.65. The van der Waals surface area contributed by atoms with Crippen molar-refractivity contribution >= 4 is 17.3 Å². The number of carboxylic acids is 1. The molecule has 0 amide bonds. The van der Waals surface area contributed by atoms with Gasteiger partial charge in [0, 0.05) is 11.7 Å². The van der Waals surface area contributed by atoms with Crippen molar-refractivity contribution < 1.29 is 18.7 Å². The maximum absolute atomic E-state index is 14.2. The molecule has 0 spiro atoms. The topological polar surface area (TPSA) is 79.7 Å². The van der Waals surface area contributed by atoms with Crippen molar-refractivity contribution in [1.29, 1.82) is 0 Å². The molecule has 0 unspecified atom stereocenters.